The van der Waals surface area contributed by atoms with E-state index < -0.39 is 5.82 Å². The number of halogens is 3. The molecule has 0 saturated heterocycles. The van der Waals surface area contributed by atoms with Crippen molar-refractivity contribution in [2.24, 2.45) is 0 Å². The zero-order valence-corrected chi connectivity index (χ0v) is 11.6. The average molecular weight is 308 g/mol. The molecule has 0 aliphatic carbocycles. The van der Waals surface area contributed by atoms with Crippen molar-refractivity contribution in [2.45, 2.75) is 0 Å². The van der Waals surface area contributed by atoms with Crippen molar-refractivity contribution >= 4 is 45.6 Å². The third kappa shape index (κ3) is 2.66. The minimum atomic E-state index is -0.426. The van der Waals surface area contributed by atoms with Gasteiger partial charge in [0.2, 0.25) is 5.28 Å². The largest absolute Gasteiger partial charge is 0.339 e. The van der Waals surface area contributed by atoms with Gasteiger partial charge in [0.1, 0.15) is 11.6 Å². The Morgan fingerprint density at radius 3 is 2.60 bits per heavy atom. The number of nitrogens with zero attached hydrogens (tertiary/aromatic N) is 2. The van der Waals surface area contributed by atoms with Gasteiger partial charge in [0.05, 0.1) is 5.52 Å². The first-order chi connectivity index (χ1) is 9.61. The molecule has 0 spiro atoms. The summed E-state index contributed by atoms with van der Waals surface area (Å²) in [5.41, 5.74) is 1.20. The maximum atomic E-state index is 13.3. The van der Waals surface area contributed by atoms with Crippen molar-refractivity contribution in [2.75, 3.05) is 5.32 Å². The first kappa shape index (κ1) is 13.1. The standard InChI is InChI=1S/C14H8Cl2FN3/c15-8-5-9(17)7-10(6-8)18-13-11-3-1-2-4-12(11)19-14(16)20-13/h1-7H,(H,18,19,20). The Balaban J connectivity index is 2.10. The van der Waals surface area contributed by atoms with E-state index in [1.54, 1.807) is 6.07 Å². The van der Waals surface area contributed by atoms with Crippen LogP contribution in [0.2, 0.25) is 10.3 Å². The Morgan fingerprint density at radius 1 is 1.00 bits per heavy atom. The lowest BCUT2D eigenvalue weighted by Gasteiger charge is -2.09. The summed E-state index contributed by atoms with van der Waals surface area (Å²) < 4.78 is 13.3. The summed E-state index contributed by atoms with van der Waals surface area (Å²) in [6, 6.07) is 11.6. The van der Waals surface area contributed by atoms with Crippen LogP contribution >= 0.6 is 23.2 Å². The highest BCUT2D eigenvalue weighted by Crippen LogP contribution is 2.26. The van der Waals surface area contributed by atoms with Crippen LogP contribution in [0.5, 0.6) is 0 Å². The summed E-state index contributed by atoms with van der Waals surface area (Å²) in [5, 5.41) is 4.22. The number of aromatic nitrogens is 2. The number of hydrogen-bond donors (Lipinski definition) is 1. The SMILES string of the molecule is Fc1cc(Cl)cc(Nc2nc(Cl)nc3ccccc23)c1. The van der Waals surface area contributed by atoms with Crippen LogP contribution < -0.4 is 5.32 Å². The van der Waals surface area contributed by atoms with Gasteiger partial charge in [0.25, 0.3) is 0 Å². The molecule has 0 saturated carbocycles. The lowest BCUT2D eigenvalue weighted by Crippen LogP contribution is -1.97. The third-order valence-corrected chi connectivity index (χ3v) is 3.09. The molecule has 3 rings (SSSR count). The van der Waals surface area contributed by atoms with Gasteiger partial charge < -0.3 is 5.32 Å². The molecule has 3 aromatic rings. The van der Waals surface area contributed by atoms with Gasteiger partial charge in [-0.15, -0.1) is 0 Å². The quantitative estimate of drug-likeness (QED) is 0.690. The predicted octanol–water partition coefficient (Wildman–Crippen LogP) is 4.82. The van der Waals surface area contributed by atoms with Crippen LogP contribution in [-0.4, -0.2) is 9.97 Å². The van der Waals surface area contributed by atoms with Crippen LogP contribution in [0.3, 0.4) is 0 Å². The Kier molecular flexibility index (Phi) is 3.42. The highest BCUT2D eigenvalue weighted by atomic mass is 35.5. The molecule has 0 atom stereocenters. The van der Waals surface area contributed by atoms with Crippen molar-refractivity contribution in [3.63, 3.8) is 0 Å². The number of fused-ring (bicyclic) bond motifs is 1. The normalized spacial score (nSPS) is 10.8. The maximum Gasteiger partial charge on any atom is 0.224 e. The molecule has 0 fully saturated rings. The molecule has 0 unspecified atom stereocenters. The molecule has 1 heterocycles. The fraction of sp³-hybridized carbons (Fsp3) is 0. The zero-order valence-electron chi connectivity index (χ0n) is 10.1. The smallest absolute Gasteiger partial charge is 0.224 e. The van der Waals surface area contributed by atoms with Gasteiger partial charge in [0, 0.05) is 16.1 Å². The number of hydrogen-bond acceptors (Lipinski definition) is 3. The summed E-state index contributed by atoms with van der Waals surface area (Å²) in [4.78, 5) is 8.26. The predicted molar refractivity (Wildman–Crippen MR) is 79.2 cm³/mol. The molecule has 2 aromatic carbocycles. The fourth-order valence-corrected chi connectivity index (χ4v) is 2.30. The van der Waals surface area contributed by atoms with Gasteiger partial charge in [-0.25, -0.2) is 9.37 Å². The van der Waals surface area contributed by atoms with E-state index in [1.165, 1.54) is 12.1 Å². The Bertz CT molecular complexity index is 772. The highest BCUT2D eigenvalue weighted by molar-refractivity contribution is 6.31. The number of nitrogens with one attached hydrogen (secondary N) is 1. The minimum absolute atomic E-state index is 0.119. The summed E-state index contributed by atoms with van der Waals surface area (Å²) in [5.74, 6) is 0.0757. The van der Waals surface area contributed by atoms with E-state index in [2.05, 4.69) is 15.3 Å². The van der Waals surface area contributed by atoms with Crippen molar-refractivity contribution < 1.29 is 4.39 Å². The molecule has 20 heavy (non-hydrogen) atoms. The molecule has 0 aliphatic rings. The molecule has 100 valence electrons. The molecule has 3 nitrogen and oxygen atoms in total. The molecule has 0 radical (unpaired) electrons. The van der Waals surface area contributed by atoms with Crippen LogP contribution in [0, 0.1) is 5.82 Å². The molecular weight excluding hydrogens is 300 g/mol. The lowest BCUT2D eigenvalue weighted by atomic mass is 10.2. The van der Waals surface area contributed by atoms with E-state index >= 15 is 0 Å². The van der Waals surface area contributed by atoms with Crippen LogP contribution in [-0.2, 0) is 0 Å². The molecule has 1 aromatic heterocycles. The van der Waals surface area contributed by atoms with Crippen molar-refractivity contribution in [1.82, 2.24) is 9.97 Å². The first-order valence-corrected chi connectivity index (χ1v) is 6.53. The molecule has 0 bridgehead atoms. The monoisotopic (exact) mass is 307 g/mol. The van der Waals surface area contributed by atoms with E-state index in [4.69, 9.17) is 23.2 Å². The average Bonchev–Trinajstić information content (AvgIpc) is 2.37. The van der Waals surface area contributed by atoms with Crippen LogP contribution in [0.4, 0.5) is 15.9 Å². The molecular formula is C14H8Cl2FN3. The van der Waals surface area contributed by atoms with Gasteiger partial charge in [-0.1, -0.05) is 23.7 Å². The number of para-hydroxylation sites is 1. The highest BCUT2D eigenvalue weighted by Gasteiger charge is 2.07. The minimum Gasteiger partial charge on any atom is -0.339 e. The van der Waals surface area contributed by atoms with Crippen molar-refractivity contribution in [3.8, 4) is 0 Å². The van der Waals surface area contributed by atoms with Crippen molar-refractivity contribution in [3.05, 3.63) is 58.6 Å². The van der Waals surface area contributed by atoms with Gasteiger partial charge in [-0.05, 0) is 41.9 Å². The van der Waals surface area contributed by atoms with Crippen LogP contribution in [0.25, 0.3) is 10.9 Å². The molecule has 6 heteroatoms. The lowest BCUT2D eigenvalue weighted by molar-refractivity contribution is 0.628. The first-order valence-electron chi connectivity index (χ1n) is 5.77. The Morgan fingerprint density at radius 2 is 1.80 bits per heavy atom. The summed E-state index contributed by atoms with van der Waals surface area (Å²) in [6.07, 6.45) is 0. The van der Waals surface area contributed by atoms with E-state index in [9.17, 15) is 4.39 Å². The van der Waals surface area contributed by atoms with Gasteiger partial charge in [-0.2, -0.15) is 4.98 Å². The summed E-state index contributed by atoms with van der Waals surface area (Å²) in [6.45, 7) is 0. The van der Waals surface area contributed by atoms with Gasteiger partial charge in [0.15, 0.2) is 0 Å². The van der Waals surface area contributed by atoms with E-state index in [-0.39, 0.29) is 5.28 Å². The Labute approximate surface area is 124 Å². The second-order valence-corrected chi connectivity index (χ2v) is 4.92. The molecule has 1 N–H and O–H groups in total. The zero-order chi connectivity index (χ0) is 14.1. The molecule has 0 amide bonds. The topological polar surface area (TPSA) is 37.8 Å². The Hall–Kier alpha value is -1.91. The van der Waals surface area contributed by atoms with Gasteiger partial charge in [-0.3, -0.25) is 0 Å². The number of rotatable bonds is 2. The fourth-order valence-electron chi connectivity index (χ4n) is 1.91. The van der Waals surface area contributed by atoms with E-state index in [0.29, 0.717) is 22.0 Å². The van der Waals surface area contributed by atoms with Gasteiger partial charge >= 0.3 is 0 Å². The second kappa shape index (κ2) is 5.23. The second-order valence-electron chi connectivity index (χ2n) is 4.14. The summed E-state index contributed by atoms with van der Waals surface area (Å²) in [7, 11) is 0. The summed E-state index contributed by atoms with van der Waals surface area (Å²) >= 11 is 11.7. The van der Waals surface area contributed by atoms with E-state index in [0.717, 1.165) is 5.39 Å². The van der Waals surface area contributed by atoms with E-state index in [1.807, 2.05) is 24.3 Å². The van der Waals surface area contributed by atoms with Crippen LogP contribution in [0.15, 0.2) is 42.5 Å². The molecule has 0 aliphatic heterocycles. The van der Waals surface area contributed by atoms with Crippen LogP contribution in [0.1, 0.15) is 0 Å². The number of anilines is 2. The van der Waals surface area contributed by atoms with Crippen molar-refractivity contribution in [1.29, 1.82) is 0 Å². The number of benzene rings is 2. The third-order valence-electron chi connectivity index (χ3n) is 2.70. The maximum absolute atomic E-state index is 13.3.